The zero-order valence-corrected chi connectivity index (χ0v) is 8.95. The molecule has 2 rings (SSSR count). The van der Waals surface area contributed by atoms with Crippen LogP contribution in [0.25, 0.3) is 0 Å². The first-order valence-electron chi connectivity index (χ1n) is 5.04. The highest BCUT2D eigenvalue weighted by Gasteiger charge is 2.23. The largest absolute Gasteiger partial charge is 0.316 e. The summed E-state index contributed by atoms with van der Waals surface area (Å²) in [5, 5.41) is 3.13. The number of halogens is 3. The summed E-state index contributed by atoms with van der Waals surface area (Å²) in [7, 11) is 0. The van der Waals surface area contributed by atoms with Crippen molar-refractivity contribution in [2.75, 3.05) is 13.1 Å². The first-order chi connectivity index (χ1) is 7.20. The summed E-state index contributed by atoms with van der Waals surface area (Å²) in [6.07, 6.45) is 1.75. The van der Waals surface area contributed by atoms with E-state index in [0.717, 1.165) is 19.4 Å². The SMILES string of the molecule is Fc1ccc(Cl)c(F)c1C1CCCNC1. The number of hydrogen-bond donors (Lipinski definition) is 1. The van der Waals surface area contributed by atoms with Gasteiger partial charge in [-0.1, -0.05) is 11.6 Å². The fourth-order valence-corrected chi connectivity index (χ4v) is 2.18. The van der Waals surface area contributed by atoms with Crippen LogP contribution in [0.2, 0.25) is 5.02 Å². The monoisotopic (exact) mass is 231 g/mol. The average molecular weight is 232 g/mol. The normalized spacial score (nSPS) is 21.7. The van der Waals surface area contributed by atoms with Crippen molar-refractivity contribution in [2.24, 2.45) is 0 Å². The Balaban J connectivity index is 2.36. The van der Waals surface area contributed by atoms with Gasteiger partial charge in [-0.3, -0.25) is 0 Å². The van der Waals surface area contributed by atoms with Gasteiger partial charge in [-0.05, 0) is 31.5 Å². The van der Waals surface area contributed by atoms with Crippen molar-refractivity contribution in [3.63, 3.8) is 0 Å². The predicted octanol–water partition coefficient (Wildman–Crippen LogP) is 3.09. The maximum atomic E-state index is 13.6. The zero-order chi connectivity index (χ0) is 10.8. The van der Waals surface area contributed by atoms with E-state index in [0.29, 0.717) is 6.54 Å². The summed E-state index contributed by atoms with van der Waals surface area (Å²) in [5.41, 5.74) is 0.134. The van der Waals surface area contributed by atoms with E-state index in [-0.39, 0.29) is 16.5 Å². The lowest BCUT2D eigenvalue weighted by molar-refractivity contribution is 0.428. The molecule has 1 nitrogen and oxygen atoms in total. The van der Waals surface area contributed by atoms with Gasteiger partial charge in [0.05, 0.1) is 5.02 Å². The number of rotatable bonds is 1. The molecule has 1 aliphatic heterocycles. The molecule has 1 N–H and O–H groups in total. The number of hydrogen-bond acceptors (Lipinski definition) is 1. The van der Waals surface area contributed by atoms with Gasteiger partial charge in [0.15, 0.2) is 0 Å². The Hall–Kier alpha value is -0.670. The maximum Gasteiger partial charge on any atom is 0.148 e. The Kier molecular flexibility index (Phi) is 3.22. The summed E-state index contributed by atoms with van der Waals surface area (Å²) in [6, 6.07) is 2.49. The minimum absolute atomic E-state index is 0.00280. The third kappa shape index (κ3) is 2.13. The van der Waals surface area contributed by atoms with E-state index in [1.807, 2.05) is 0 Å². The van der Waals surface area contributed by atoms with Crippen LogP contribution in [-0.4, -0.2) is 13.1 Å². The molecule has 0 aromatic heterocycles. The molecule has 0 bridgehead atoms. The van der Waals surface area contributed by atoms with E-state index in [2.05, 4.69) is 5.32 Å². The van der Waals surface area contributed by atoms with Gasteiger partial charge in [-0.15, -0.1) is 0 Å². The molecule has 15 heavy (non-hydrogen) atoms. The van der Waals surface area contributed by atoms with Gasteiger partial charge in [0.2, 0.25) is 0 Å². The minimum Gasteiger partial charge on any atom is -0.316 e. The lowest BCUT2D eigenvalue weighted by Gasteiger charge is -2.24. The molecule has 0 spiro atoms. The number of nitrogens with one attached hydrogen (secondary N) is 1. The zero-order valence-electron chi connectivity index (χ0n) is 8.19. The number of benzene rings is 1. The average Bonchev–Trinajstić information content (AvgIpc) is 2.26. The van der Waals surface area contributed by atoms with Crippen molar-refractivity contribution in [1.29, 1.82) is 0 Å². The molecule has 1 heterocycles. The molecule has 1 fully saturated rings. The van der Waals surface area contributed by atoms with Gasteiger partial charge in [0.1, 0.15) is 11.6 Å². The van der Waals surface area contributed by atoms with Gasteiger partial charge in [0.25, 0.3) is 0 Å². The highest BCUT2D eigenvalue weighted by Crippen LogP contribution is 2.31. The first kappa shape index (κ1) is 10.8. The van der Waals surface area contributed by atoms with Crippen LogP contribution in [-0.2, 0) is 0 Å². The molecule has 0 aliphatic carbocycles. The minimum atomic E-state index is -0.606. The van der Waals surface area contributed by atoms with E-state index >= 15 is 0 Å². The molecule has 1 aromatic carbocycles. The molecule has 0 amide bonds. The molecule has 82 valence electrons. The Labute approximate surface area is 92.4 Å². The summed E-state index contributed by atoms with van der Waals surface area (Å²) < 4.78 is 27.1. The molecule has 1 aliphatic rings. The lowest BCUT2D eigenvalue weighted by atomic mass is 9.91. The van der Waals surface area contributed by atoms with Crippen molar-refractivity contribution in [3.05, 3.63) is 34.4 Å². The third-order valence-electron chi connectivity index (χ3n) is 2.78. The van der Waals surface area contributed by atoms with Crippen molar-refractivity contribution in [2.45, 2.75) is 18.8 Å². The fourth-order valence-electron chi connectivity index (χ4n) is 2.02. The van der Waals surface area contributed by atoms with E-state index in [9.17, 15) is 8.78 Å². The van der Waals surface area contributed by atoms with Crippen LogP contribution in [0.5, 0.6) is 0 Å². The second-order valence-electron chi connectivity index (χ2n) is 3.80. The van der Waals surface area contributed by atoms with Gasteiger partial charge >= 0.3 is 0 Å². The van der Waals surface area contributed by atoms with Crippen molar-refractivity contribution >= 4 is 11.6 Å². The molecular weight excluding hydrogens is 220 g/mol. The highest BCUT2D eigenvalue weighted by molar-refractivity contribution is 6.30. The van der Waals surface area contributed by atoms with Crippen molar-refractivity contribution in [1.82, 2.24) is 5.32 Å². The van der Waals surface area contributed by atoms with Crippen molar-refractivity contribution < 1.29 is 8.78 Å². The third-order valence-corrected chi connectivity index (χ3v) is 3.08. The highest BCUT2D eigenvalue weighted by atomic mass is 35.5. The van der Waals surface area contributed by atoms with E-state index in [1.165, 1.54) is 12.1 Å². The maximum absolute atomic E-state index is 13.6. The second-order valence-corrected chi connectivity index (χ2v) is 4.21. The molecule has 0 saturated carbocycles. The van der Waals surface area contributed by atoms with Crippen LogP contribution in [0.1, 0.15) is 24.3 Å². The van der Waals surface area contributed by atoms with Crippen molar-refractivity contribution in [3.8, 4) is 0 Å². The van der Waals surface area contributed by atoms with Gasteiger partial charge in [0, 0.05) is 18.0 Å². The standard InChI is InChI=1S/C11H12ClF2N/c12-8-3-4-9(13)10(11(8)14)7-2-1-5-15-6-7/h3-4,7,15H,1-2,5-6H2. The number of piperidine rings is 1. The first-order valence-corrected chi connectivity index (χ1v) is 5.42. The Morgan fingerprint density at radius 1 is 1.33 bits per heavy atom. The van der Waals surface area contributed by atoms with E-state index < -0.39 is 11.6 Å². The van der Waals surface area contributed by atoms with Crippen LogP contribution in [0.15, 0.2) is 12.1 Å². The Bertz CT molecular complexity index is 362. The van der Waals surface area contributed by atoms with Crippen LogP contribution in [0, 0.1) is 11.6 Å². The van der Waals surface area contributed by atoms with Crippen LogP contribution < -0.4 is 5.32 Å². The topological polar surface area (TPSA) is 12.0 Å². The summed E-state index contributed by atoms with van der Waals surface area (Å²) >= 11 is 5.64. The molecule has 4 heteroatoms. The molecule has 1 aromatic rings. The molecule has 1 saturated heterocycles. The second kappa shape index (κ2) is 4.45. The molecular formula is C11H12ClF2N. The summed E-state index contributed by atoms with van der Waals surface area (Å²) in [4.78, 5) is 0. The smallest absolute Gasteiger partial charge is 0.148 e. The summed E-state index contributed by atoms with van der Waals surface area (Å²) in [6.45, 7) is 1.54. The molecule has 0 radical (unpaired) electrons. The Morgan fingerprint density at radius 2 is 2.13 bits per heavy atom. The van der Waals surface area contributed by atoms with Crippen LogP contribution in [0.3, 0.4) is 0 Å². The fraction of sp³-hybridized carbons (Fsp3) is 0.455. The van der Waals surface area contributed by atoms with E-state index in [4.69, 9.17) is 11.6 Å². The predicted molar refractivity (Wildman–Crippen MR) is 56.2 cm³/mol. The lowest BCUT2D eigenvalue weighted by Crippen LogP contribution is -2.29. The molecule has 1 unspecified atom stereocenters. The van der Waals surface area contributed by atoms with Gasteiger partial charge in [-0.2, -0.15) is 0 Å². The van der Waals surface area contributed by atoms with Crippen LogP contribution >= 0.6 is 11.6 Å². The Morgan fingerprint density at radius 3 is 2.80 bits per heavy atom. The van der Waals surface area contributed by atoms with Gasteiger partial charge in [-0.25, -0.2) is 8.78 Å². The van der Waals surface area contributed by atoms with Gasteiger partial charge < -0.3 is 5.32 Å². The van der Waals surface area contributed by atoms with Crippen LogP contribution in [0.4, 0.5) is 8.78 Å². The quantitative estimate of drug-likeness (QED) is 0.733. The molecule has 1 atom stereocenters. The van der Waals surface area contributed by atoms with E-state index in [1.54, 1.807) is 0 Å². The summed E-state index contributed by atoms with van der Waals surface area (Å²) in [5.74, 6) is -1.20.